The lowest BCUT2D eigenvalue weighted by Crippen LogP contribution is -2.31. The predicted octanol–water partition coefficient (Wildman–Crippen LogP) is 4.83. The zero-order chi connectivity index (χ0) is 21.8. The molecule has 0 bridgehead atoms. The third-order valence-corrected chi connectivity index (χ3v) is 7.51. The van der Waals surface area contributed by atoms with Gasteiger partial charge in [-0.1, -0.05) is 59.9 Å². The molecule has 8 heteroatoms. The molecule has 1 amide bonds. The largest absolute Gasteiger partial charge is 0.284 e. The standard InChI is InChI=1S/C23H19FN2O3S2/c24-18-11-12-20-21(15-18)30-23(25-20)26(16-17-7-3-1-4-8-17)22(27)13-14-31(28,29)19-9-5-2-6-10-19/h1-12,15H,13-14,16H2. The van der Waals surface area contributed by atoms with Crippen molar-refractivity contribution in [3.05, 3.63) is 90.2 Å². The summed E-state index contributed by atoms with van der Waals surface area (Å²) in [6.45, 7) is 0.243. The molecule has 0 aliphatic carbocycles. The maximum absolute atomic E-state index is 13.6. The SMILES string of the molecule is O=C(CCS(=O)(=O)c1ccccc1)N(Cc1ccccc1)c1nc2ccc(F)cc2s1. The maximum Gasteiger partial charge on any atom is 0.230 e. The number of carbonyl (C=O) groups excluding carboxylic acids is 1. The van der Waals surface area contributed by atoms with Crippen molar-refractivity contribution in [1.82, 2.24) is 4.98 Å². The molecule has 31 heavy (non-hydrogen) atoms. The summed E-state index contributed by atoms with van der Waals surface area (Å²) in [6, 6.07) is 21.7. The summed E-state index contributed by atoms with van der Waals surface area (Å²) >= 11 is 1.20. The highest BCUT2D eigenvalue weighted by Gasteiger charge is 2.23. The Hall–Kier alpha value is -3.10. The van der Waals surface area contributed by atoms with Crippen LogP contribution in [0.1, 0.15) is 12.0 Å². The highest BCUT2D eigenvalue weighted by molar-refractivity contribution is 7.91. The molecule has 0 aliphatic rings. The van der Waals surface area contributed by atoms with E-state index >= 15 is 0 Å². The Balaban J connectivity index is 1.61. The molecule has 0 fully saturated rings. The first-order valence-corrected chi connectivity index (χ1v) is 12.1. The molecule has 5 nitrogen and oxygen atoms in total. The van der Waals surface area contributed by atoms with E-state index in [4.69, 9.17) is 0 Å². The number of hydrogen-bond acceptors (Lipinski definition) is 5. The average Bonchev–Trinajstić information content (AvgIpc) is 3.20. The molecule has 0 saturated heterocycles. The molecule has 4 rings (SSSR count). The first-order valence-electron chi connectivity index (χ1n) is 9.60. The van der Waals surface area contributed by atoms with Gasteiger partial charge in [0, 0.05) is 6.42 Å². The van der Waals surface area contributed by atoms with Gasteiger partial charge in [0.25, 0.3) is 0 Å². The average molecular weight is 455 g/mol. The second kappa shape index (κ2) is 8.95. The third-order valence-electron chi connectivity index (χ3n) is 4.74. The van der Waals surface area contributed by atoms with E-state index in [1.807, 2.05) is 30.3 Å². The molecule has 0 unspecified atom stereocenters. The van der Waals surface area contributed by atoms with E-state index in [9.17, 15) is 17.6 Å². The summed E-state index contributed by atoms with van der Waals surface area (Å²) < 4.78 is 39.4. The van der Waals surface area contributed by atoms with Crippen LogP contribution in [-0.2, 0) is 21.2 Å². The first-order chi connectivity index (χ1) is 14.9. The topological polar surface area (TPSA) is 67.3 Å². The monoisotopic (exact) mass is 454 g/mol. The highest BCUT2D eigenvalue weighted by atomic mass is 32.2. The molecule has 0 N–H and O–H groups in total. The van der Waals surface area contributed by atoms with Crippen LogP contribution < -0.4 is 4.90 Å². The Morgan fingerprint density at radius 2 is 1.65 bits per heavy atom. The molecule has 0 aliphatic heterocycles. The van der Waals surface area contributed by atoms with Gasteiger partial charge in [0.1, 0.15) is 5.82 Å². The van der Waals surface area contributed by atoms with Crippen LogP contribution >= 0.6 is 11.3 Å². The number of benzene rings is 3. The van der Waals surface area contributed by atoms with Crippen LogP contribution in [0.2, 0.25) is 0 Å². The number of nitrogens with zero attached hydrogens (tertiary/aromatic N) is 2. The highest BCUT2D eigenvalue weighted by Crippen LogP contribution is 2.31. The van der Waals surface area contributed by atoms with Crippen LogP contribution in [-0.4, -0.2) is 25.1 Å². The van der Waals surface area contributed by atoms with Crippen molar-refractivity contribution in [3.8, 4) is 0 Å². The minimum absolute atomic E-state index is 0.186. The van der Waals surface area contributed by atoms with Crippen molar-refractivity contribution in [2.24, 2.45) is 0 Å². The van der Waals surface area contributed by atoms with E-state index in [0.29, 0.717) is 15.3 Å². The van der Waals surface area contributed by atoms with Crippen molar-refractivity contribution in [2.45, 2.75) is 17.9 Å². The van der Waals surface area contributed by atoms with Gasteiger partial charge < -0.3 is 0 Å². The Morgan fingerprint density at radius 1 is 0.968 bits per heavy atom. The fraction of sp³-hybridized carbons (Fsp3) is 0.130. The molecule has 0 atom stereocenters. The van der Waals surface area contributed by atoms with Crippen molar-refractivity contribution < 1.29 is 17.6 Å². The molecular weight excluding hydrogens is 435 g/mol. The molecule has 0 spiro atoms. The number of aromatic nitrogens is 1. The molecule has 1 aromatic heterocycles. The lowest BCUT2D eigenvalue weighted by Gasteiger charge is -2.20. The summed E-state index contributed by atoms with van der Waals surface area (Å²) in [4.78, 5) is 19.3. The number of hydrogen-bond donors (Lipinski definition) is 0. The van der Waals surface area contributed by atoms with E-state index in [0.717, 1.165) is 5.56 Å². The summed E-state index contributed by atoms with van der Waals surface area (Å²) in [5.41, 5.74) is 1.47. The van der Waals surface area contributed by atoms with Crippen LogP contribution in [0.25, 0.3) is 10.2 Å². The van der Waals surface area contributed by atoms with Gasteiger partial charge >= 0.3 is 0 Å². The normalized spacial score (nSPS) is 11.5. The van der Waals surface area contributed by atoms with Crippen LogP contribution in [0.15, 0.2) is 83.8 Å². The van der Waals surface area contributed by atoms with Crippen molar-refractivity contribution in [2.75, 3.05) is 10.7 Å². The van der Waals surface area contributed by atoms with Gasteiger partial charge in [-0.25, -0.2) is 17.8 Å². The van der Waals surface area contributed by atoms with Gasteiger partial charge in [0.15, 0.2) is 15.0 Å². The van der Waals surface area contributed by atoms with E-state index in [1.165, 1.54) is 40.5 Å². The fourth-order valence-electron chi connectivity index (χ4n) is 3.13. The molecule has 3 aromatic carbocycles. The van der Waals surface area contributed by atoms with Crippen molar-refractivity contribution >= 4 is 42.4 Å². The summed E-state index contributed by atoms with van der Waals surface area (Å²) in [6.07, 6.45) is -0.186. The van der Waals surface area contributed by atoms with Crippen LogP contribution in [0, 0.1) is 5.82 Å². The minimum Gasteiger partial charge on any atom is -0.284 e. The number of thiazole rings is 1. The van der Waals surface area contributed by atoms with E-state index in [-0.39, 0.29) is 35.3 Å². The quantitative estimate of drug-likeness (QED) is 0.401. The Bertz CT molecular complexity index is 1310. The zero-order valence-electron chi connectivity index (χ0n) is 16.4. The molecule has 0 saturated carbocycles. The van der Waals surface area contributed by atoms with Gasteiger partial charge in [-0.3, -0.25) is 9.69 Å². The van der Waals surface area contributed by atoms with Crippen LogP contribution in [0.5, 0.6) is 0 Å². The molecule has 0 radical (unpaired) electrons. The molecule has 1 heterocycles. The summed E-state index contributed by atoms with van der Waals surface area (Å²) in [5.74, 6) is -1.04. The number of carbonyl (C=O) groups is 1. The van der Waals surface area contributed by atoms with Crippen molar-refractivity contribution in [1.29, 1.82) is 0 Å². The minimum atomic E-state index is -3.59. The smallest absolute Gasteiger partial charge is 0.230 e. The van der Waals surface area contributed by atoms with Crippen LogP contribution in [0.3, 0.4) is 0 Å². The second-order valence-electron chi connectivity index (χ2n) is 6.96. The molecule has 4 aromatic rings. The summed E-state index contributed by atoms with van der Waals surface area (Å²) in [5, 5.41) is 0.409. The third kappa shape index (κ3) is 4.98. The van der Waals surface area contributed by atoms with E-state index in [2.05, 4.69) is 4.98 Å². The fourth-order valence-corrected chi connectivity index (χ4v) is 5.39. The Kier molecular flexibility index (Phi) is 6.11. The Labute approximate surface area is 183 Å². The maximum atomic E-state index is 13.6. The van der Waals surface area contributed by atoms with Gasteiger partial charge in [0.2, 0.25) is 5.91 Å². The molecule has 158 valence electrons. The van der Waals surface area contributed by atoms with Gasteiger partial charge in [0.05, 0.1) is 27.4 Å². The number of sulfone groups is 1. The summed E-state index contributed by atoms with van der Waals surface area (Å²) in [7, 11) is -3.59. The second-order valence-corrected chi connectivity index (χ2v) is 10.1. The van der Waals surface area contributed by atoms with Gasteiger partial charge in [-0.2, -0.15) is 0 Å². The number of fused-ring (bicyclic) bond motifs is 1. The zero-order valence-corrected chi connectivity index (χ0v) is 18.1. The number of amides is 1. The number of anilines is 1. The molecular formula is C23H19FN2O3S2. The number of rotatable bonds is 7. The lowest BCUT2D eigenvalue weighted by molar-refractivity contribution is -0.118. The Morgan fingerprint density at radius 3 is 2.35 bits per heavy atom. The first kappa shape index (κ1) is 21.1. The predicted molar refractivity (Wildman–Crippen MR) is 120 cm³/mol. The van der Waals surface area contributed by atoms with E-state index < -0.39 is 9.84 Å². The van der Waals surface area contributed by atoms with Gasteiger partial charge in [-0.15, -0.1) is 0 Å². The van der Waals surface area contributed by atoms with E-state index in [1.54, 1.807) is 24.3 Å². The van der Waals surface area contributed by atoms with Crippen LogP contribution in [0.4, 0.5) is 9.52 Å². The van der Waals surface area contributed by atoms with Gasteiger partial charge in [-0.05, 0) is 35.9 Å². The lowest BCUT2D eigenvalue weighted by atomic mass is 10.2. The number of halogens is 1. The van der Waals surface area contributed by atoms with Crippen molar-refractivity contribution in [3.63, 3.8) is 0 Å².